The number of ether oxygens (including phenoxy) is 1. The minimum atomic E-state index is -0.661. The van der Waals surface area contributed by atoms with Crippen LogP contribution in [0.2, 0.25) is 0 Å². The molecule has 7 nitrogen and oxygen atoms in total. The highest BCUT2D eigenvalue weighted by molar-refractivity contribution is 5.70. The number of nitrogens with two attached hydrogens (primary N) is 2. The van der Waals surface area contributed by atoms with Gasteiger partial charge in [0, 0.05) is 37.3 Å². The highest BCUT2D eigenvalue weighted by atomic mass is 19.1. The van der Waals surface area contributed by atoms with E-state index in [0.717, 1.165) is 35.9 Å². The van der Waals surface area contributed by atoms with E-state index in [1.165, 1.54) is 7.05 Å². The van der Waals surface area contributed by atoms with Crippen LogP contribution in [0, 0.1) is 11.6 Å². The van der Waals surface area contributed by atoms with Crippen molar-refractivity contribution in [2.24, 2.45) is 11.5 Å². The zero-order valence-electron chi connectivity index (χ0n) is 16.6. The van der Waals surface area contributed by atoms with Crippen LogP contribution in [0.15, 0.2) is 18.2 Å². The number of benzene rings is 1. The maximum atomic E-state index is 14.1. The van der Waals surface area contributed by atoms with Crippen molar-refractivity contribution in [1.82, 2.24) is 14.5 Å². The van der Waals surface area contributed by atoms with Gasteiger partial charge in [0.05, 0.1) is 18.0 Å². The summed E-state index contributed by atoms with van der Waals surface area (Å²) >= 11 is 0. The van der Waals surface area contributed by atoms with E-state index in [4.69, 9.17) is 10.5 Å². The van der Waals surface area contributed by atoms with Crippen molar-refractivity contribution >= 4 is 6.29 Å². The summed E-state index contributed by atoms with van der Waals surface area (Å²) in [5.74, 6) is -0.556. The molecule has 0 amide bonds. The molecule has 4 rings (SSSR count). The molecule has 2 aromatic rings. The zero-order valence-corrected chi connectivity index (χ0v) is 16.6. The van der Waals surface area contributed by atoms with E-state index in [1.807, 2.05) is 11.5 Å². The van der Waals surface area contributed by atoms with Gasteiger partial charge in [0.2, 0.25) is 0 Å². The lowest BCUT2D eigenvalue weighted by Crippen LogP contribution is -2.47. The smallest absolute Gasteiger partial charge is 0.185 e. The van der Waals surface area contributed by atoms with E-state index in [-0.39, 0.29) is 11.6 Å². The Labute approximate surface area is 168 Å². The van der Waals surface area contributed by atoms with Gasteiger partial charge in [0.1, 0.15) is 17.7 Å². The van der Waals surface area contributed by atoms with Crippen molar-refractivity contribution in [3.05, 3.63) is 52.6 Å². The molecule has 1 aromatic heterocycles. The van der Waals surface area contributed by atoms with Crippen molar-refractivity contribution < 1.29 is 18.3 Å². The number of aldehydes is 1. The minimum Gasteiger partial charge on any atom is -0.370 e. The normalized spacial score (nSPS) is 24.0. The van der Waals surface area contributed by atoms with Crippen LogP contribution in [-0.4, -0.2) is 46.5 Å². The molecule has 4 N–H and O–H groups in total. The summed E-state index contributed by atoms with van der Waals surface area (Å²) < 4.78 is 35.3. The lowest BCUT2D eigenvalue weighted by atomic mass is 9.93. The summed E-state index contributed by atoms with van der Waals surface area (Å²) in [4.78, 5) is 17.8. The zero-order chi connectivity index (χ0) is 21.1. The molecule has 0 bridgehead atoms. The predicted molar refractivity (Wildman–Crippen MR) is 104 cm³/mol. The Balaban J connectivity index is 0.00000117. The van der Waals surface area contributed by atoms with Crippen LogP contribution < -0.4 is 11.5 Å². The topological polar surface area (TPSA) is 99.4 Å². The number of fused-ring (bicyclic) bond motifs is 1. The van der Waals surface area contributed by atoms with Gasteiger partial charge < -0.3 is 20.8 Å². The third-order valence-electron chi connectivity index (χ3n) is 5.49. The largest absolute Gasteiger partial charge is 0.370 e. The fraction of sp³-hybridized carbons (Fsp3) is 0.500. The third-order valence-corrected chi connectivity index (χ3v) is 5.49. The lowest BCUT2D eigenvalue weighted by Gasteiger charge is -2.38. The molecule has 0 radical (unpaired) electrons. The van der Waals surface area contributed by atoms with Crippen LogP contribution in [0.25, 0.3) is 0 Å². The molecular weight excluding hydrogens is 380 g/mol. The van der Waals surface area contributed by atoms with E-state index in [0.29, 0.717) is 38.5 Å². The third kappa shape index (κ3) is 4.09. The number of hydrogen-bond acceptors (Lipinski definition) is 6. The minimum absolute atomic E-state index is 0.0621. The van der Waals surface area contributed by atoms with E-state index >= 15 is 0 Å². The van der Waals surface area contributed by atoms with Gasteiger partial charge in [-0.3, -0.25) is 9.69 Å². The number of aromatic nitrogens is 2. The van der Waals surface area contributed by atoms with Crippen molar-refractivity contribution in [1.29, 1.82) is 0 Å². The first-order chi connectivity index (χ1) is 14.0. The van der Waals surface area contributed by atoms with Gasteiger partial charge in [-0.1, -0.05) is 0 Å². The Morgan fingerprint density at radius 3 is 2.72 bits per heavy atom. The average molecular weight is 407 g/mol. The summed E-state index contributed by atoms with van der Waals surface area (Å²) in [6.07, 6.45) is 0.729. The van der Waals surface area contributed by atoms with E-state index in [1.54, 1.807) is 0 Å². The molecule has 158 valence electrons. The Hall–Kier alpha value is -2.20. The van der Waals surface area contributed by atoms with Crippen molar-refractivity contribution in [2.75, 3.05) is 13.7 Å². The number of hydrogen-bond donors (Lipinski definition) is 2. The molecular formula is C20H27F2N5O2. The highest BCUT2D eigenvalue weighted by Gasteiger charge is 2.37. The molecule has 2 aliphatic rings. The average Bonchev–Trinajstić information content (AvgIpc) is 3.28. The monoisotopic (exact) mass is 407 g/mol. The van der Waals surface area contributed by atoms with Crippen molar-refractivity contribution in [3.8, 4) is 0 Å². The summed E-state index contributed by atoms with van der Waals surface area (Å²) in [6, 6.07) is 2.96. The van der Waals surface area contributed by atoms with Gasteiger partial charge in [0.15, 0.2) is 12.1 Å². The summed E-state index contributed by atoms with van der Waals surface area (Å²) in [6.45, 7) is 4.35. The maximum absolute atomic E-state index is 14.1. The number of rotatable bonds is 4. The van der Waals surface area contributed by atoms with E-state index in [9.17, 15) is 13.6 Å². The molecule has 2 aliphatic heterocycles. The second-order valence-corrected chi connectivity index (χ2v) is 7.10. The number of imidazole rings is 1. The van der Waals surface area contributed by atoms with Crippen LogP contribution in [-0.2, 0) is 24.4 Å². The van der Waals surface area contributed by atoms with Gasteiger partial charge in [-0.15, -0.1) is 0 Å². The van der Waals surface area contributed by atoms with Gasteiger partial charge >= 0.3 is 0 Å². The molecule has 1 saturated heterocycles. The first kappa shape index (κ1) is 21.5. The first-order valence-corrected chi connectivity index (χ1v) is 9.69. The van der Waals surface area contributed by atoms with Gasteiger partial charge in [-0.2, -0.15) is 0 Å². The molecule has 0 saturated carbocycles. The molecule has 2 unspecified atom stereocenters. The van der Waals surface area contributed by atoms with Crippen LogP contribution in [0.5, 0.6) is 0 Å². The Kier molecular flexibility index (Phi) is 6.74. The van der Waals surface area contributed by atoms with E-state index in [2.05, 4.69) is 15.6 Å². The summed E-state index contributed by atoms with van der Waals surface area (Å²) in [5.41, 5.74) is 12.9. The molecule has 0 aliphatic carbocycles. The molecule has 9 heteroatoms. The second-order valence-electron chi connectivity index (χ2n) is 7.10. The summed E-state index contributed by atoms with van der Waals surface area (Å²) in [7, 11) is 1.50. The molecule has 29 heavy (non-hydrogen) atoms. The quantitative estimate of drug-likeness (QED) is 0.749. The van der Waals surface area contributed by atoms with E-state index < -0.39 is 23.8 Å². The highest BCUT2D eigenvalue weighted by Crippen LogP contribution is 2.34. The Morgan fingerprint density at radius 2 is 2.07 bits per heavy atom. The van der Waals surface area contributed by atoms with Gasteiger partial charge in [-0.25, -0.2) is 13.8 Å². The molecule has 0 spiro atoms. The number of carbonyl (C=O) groups is 1. The Morgan fingerprint density at radius 1 is 1.31 bits per heavy atom. The van der Waals surface area contributed by atoms with Crippen LogP contribution in [0.1, 0.15) is 47.0 Å². The molecule has 3 atom stereocenters. The first-order valence-electron chi connectivity index (χ1n) is 9.69. The number of carbonyl (C=O) groups excluding carboxylic acids is 1. The second kappa shape index (κ2) is 9.08. The number of halogens is 2. The van der Waals surface area contributed by atoms with Crippen LogP contribution in [0.3, 0.4) is 0 Å². The molecule has 1 fully saturated rings. The van der Waals surface area contributed by atoms with Crippen molar-refractivity contribution in [2.45, 2.75) is 51.2 Å². The van der Waals surface area contributed by atoms with Gasteiger partial charge in [0.25, 0.3) is 0 Å². The van der Waals surface area contributed by atoms with Gasteiger partial charge in [-0.05, 0) is 38.6 Å². The molecule has 1 aromatic carbocycles. The maximum Gasteiger partial charge on any atom is 0.185 e. The fourth-order valence-corrected chi connectivity index (χ4v) is 4.15. The SMILES string of the molecule is CCn1c(C=O)nc2c1CN(C1CO[C@H](c3cc(F)ccc3F)C(N)C1)C2.CN. The number of nitrogens with zero attached hydrogens (tertiary/aromatic N) is 3. The fourth-order valence-electron chi connectivity index (χ4n) is 4.15. The lowest BCUT2D eigenvalue weighted by molar-refractivity contribution is -0.0535. The van der Waals surface area contributed by atoms with Crippen LogP contribution in [0.4, 0.5) is 8.78 Å². The Bertz CT molecular complexity index is 873. The van der Waals surface area contributed by atoms with Crippen LogP contribution >= 0.6 is 0 Å². The van der Waals surface area contributed by atoms with Crippen molar-refractivity contribution in [3.63, 3.8) is 0 Å². The predicted octanol–water partition coefficient (Wildman–Crippen LogP) is 1.74. The summed E-state index contributed by atoms with van der Waals surface area (Å²) in [5, 5.41) is 0. The standard InChI is InChI=1S/C19H22F2N4O2.CH5N/c1-2-25-17-8-24(7-16(17)23-18(25)9-26)12-6-15(22)19(27-10-12)13-5-11(20)3-4-14(13)21;1-2/h3-5,9,12,15,19H,2,6-8,10,22H2,1H3;2H2,1H3/t12?,15?,19-;/m1./s1. The molecule has 3 heterocycles.